The normalized spacial score (nSPS) is 11.7. The lowest BCUT2D eigenvalue weighted by atomic mass is 10.1. The van der Waals surface area contributed by atoms with Crippen LogP contribution in [0, 0.1) is 0 Å². The zero-order chi connectivity index (χ0) is 13.5. The van der Waals surface area contributed by atoms with Crippen molar-refractivity contribution in [3.05, 3.63) is 45.0 Å². The third kappa shape index (κ3) is 1.62. The van der Waals surface area contributed by atoms with Crippen molar-refractivity contribution in [1.29, 1.82) is 0 Å². The van der Waals surface area contributed by atoms with E-state index in [4.69, 9.17) is 5.11 Å². The number of aliphatic carboxylic acids is 1. The predicted octanol–water partition coefficient (Wildman–Crippen LogP) is 0.509. The highest BCUT2D eigenvalue weighted by molar-refractivity contribution is 5.81. The van der Waals surface area contributed by atoms with Gasteiger partial charge in [0.25, 0.3) is 11.1 Å². The van der Waals surface area contributed by atoms with Crippen molar-refractivity contribution in [1.82, 2.24) is 9.78 Å². The molecule has 1 aromatic carbocycles. The van der Waals surface area contributed by atoms with Crippen molar-refractivity contribution < 1.29 is 9.90 Å². The quantitative estimate of drug-likeness (QED) is 0.809. The van der Waals surface area contributed by atoms with Crippen LogP contribution in [0.2, 0.25) is 0 Å². The Hall–Kier alpha value is -2.37. The lowest BCUT2D eigenvalue weighted by Crippen LogP contribution is -2.46. The SMILES string of the molecule is CC(C)(C(=O)O)n1[nH]c(=O)c2ccccc2c1=O. The largest absolute Gasteiger partial charge is 0.479 e. The van der Waals surface area contributed by atoms with Crippen molar-refractivity contribution in [3.8, 4) is 0 Å². The number of aromatic nitrogens is 2. The number of carboxylic acid groups (broad SMARTS) is 1. The van der Waals surface area contributed by atoms with Crippen LogP contribution in [0.4, 0.5) is 0 Å². The number of benzene rings is 1. The second-order valence-electron chi connectivity index (χ2n) is 4.49. The molecule has 0 unspecified atom stereocenters. The number of carbonyl (C=O) groups is 1. The Morgan fingerprint density at radius 3 is 2.33 bits per heavy atom. The summed E-state index contributed by atoms with van der Waals surface area (Å²) < 4.78 is 0.847. The van der Waals surface area contributed by atoms with Gasteiger partial charge in [0.2, 0.25) is 0 Å². The number of hydrogen-bond donors (Lipinski definition) is 2. The van der Waals surface area contributed by atoms with Crippen LogP contribution in [0.25, 0.3) is 10.8 Å². The fraction of sp³-hybridized carbons (Fsp3) is 0.250. The summed E-state index contributed by atoms with van der Waals surface area (Å²) in [5.41, 5.74) is -2.53. The maximum absolute atomic E-state index is 12.2. The smallest absolute Gasteiger partial charge is 0.331 e. The molecule has 0 aliphatic heterocycles. The van der Waals surface area contributed by atoms with Crippen molar-refractivity contribution >= 4 is 16.7 Å². The molecule has 0 atom stereocenters. The van der Waals surface area contributed by atoms with Gasteiger partial charge in [0.15, 0.2) is 5.54 Å². The maximum Gasteiger partial charge on any atom is 0.331 e. The molecule has 0 aliphatic carbocycles. The first kappa shape index (κ1) is 12.1. The third-order valence-electron chi connectivity index (χ3n) is 2.90. The van der Waals surface area contributed by atoms with Gasteiger partial charge in [-0.15, -0.1) is 0 Å². The summed E-state index contributed by atoms with van der Waals surface area (Å²) in [4.78, 5) is 35.1. The number of hydrogen-bond acceptors (Lipinski definition) is 3. The van der Waals surface area contributed by atoms with Crippen molar-refractivity contribution in [2.24, 2.45) is 0 Å². The summed E-state index contributed by atoms with van der Waals surface area (Å²) in [5.74, 6) is -1.20. The van der Waals surface area contributed by atoms with E-state index < -0.39 is 22.6 Å². The van der Waals surface area contributed by atoms with E-state index in [2.05, 4.69) is 5.10 Å². The molecule has 0 saturated carbocycles. The van der Waals surface area contributed by atoms with E-state index in [-0.39, 0.29) is 10.8 Å². The molecule has 94 valence electrons. The summed E-state index contributed by atoms with van der Waals surface area (Å²) in [6.45, 7) is 2.70. The highest BCUT2D eigenvalue weighted by Crippen LogP contribution is 2.12. The summed E-state index contributed by atoms with van der Waals surface area (Å²) >= 11 is 0. The van der Waals surface area contributed by atoms with Crippen LogP contribution in [0.15, 0.2) is 33.9 Å². The third-order valence-corrected chi connectivity index (χ3v) is 2.90. The van der Waals surface area contributed by atoms with Crippen LogP contribution in [0.1, 0.15) is 13.8 Å². The van der Waals surface area contributed by atoms with Gasteiger partial charge >= 0.3 is 5.97 Å². The minimum atomic E-state index is -1.51. The molecule has 2 N–H and O–H groups in total. The van der Waals surface area contributed by atoms with E-state index in [1.807, 2.05) is 0 Å². The minimum Gasteiger partial charge on any atom is -0.479 e. The molecule has 0 aliphatic rings. The molecule has 1 aromatic heterocycles. The Labute approximate surface area is 101 Å². The van der Waals surface area contributed by atoms with Gasteiger partial charge in [0.1, 0.15) is 0 Å². The van der Waals surface area contributed by atoms with E-state index in [1.54, 1.807) is 12.1 Å². The van der Waals surface area contributed by atoms with Gasteiger partial charge in [0, 0.05) is 0 Å². The second-order valence-corrected chi connectivity index (χ2v) is 4.49. The Morgan fingerprint density at radius 2 is 1.78 bits per heavy atom. The van der Waals surface area contributed by atoms with E-state index in [9.17, 15) is 14.4 Å². The monoisotopic (exact) mass is 248 g/mol. The first-order valence-corrected chi connectivity index (χ1v) is 5.33. The minimum absolute atomic E-state index is 0.204. The summed E-state index contributed by atoms with van der Waals surface area (Å²) in [6, 6.07) is 6.29. The van der Waals surface area contributed by atoms with Gasteiger partial charge < -0.3 is 5.11 Å². The Bertz CT molecular complexity index is 740. The number of nitrogens with one attached hydrogen (secondary N) is 1. The van der Waals surface area contributed by atoms with Crippen LogP contribution in [0.3, 0.4) is 0 Å². The molecular weight excluding hydrogens is 236 g/mol. The first-order valence-electron chi connectivity index (χ1n) is 5.33. The average Bonchev–Trinajstić information content (AvgIpc) is 2.33. The Kier molecular flexibility index (Phi) is 2.58. The van der Waals surface area contributed by atoms with Crippen LogP contribution in [0.5, 0.6) is 0 Å². The molecule has 1 heterocycles. The molecule has 18 heavy (non-hydrogen) atoms. The van der Waals surface area contributed by atoms with Gasteiger partial charge in [-0.1, -0.05) is 12.1 Å². The van der Waals surface area contributed by atoms with E-state index >= 15 is 0 Å². The molecular formula is C12H12N2O4. The zero-order valence-electron chi connectivity index (χ0n) is 9.93. The Morgan fingerprint density at radius 1 is 1.22 bits per heavy atom. The van der Waals surface area contributed by atoms with Crippen molar-refractivity contribution in [2.75, 3.05) is 0 Å². The number of rotatable bonds is 2. The number of aromatic amines is 1. The van der Waals surface area contributed by atoms with Crippen LogP contribution >= 0.6 is 0 Å². The number of carboxylic acids is 1. The molecule has 0 fully saturated rings. The molecule has 0 saturated heterocycles. The predicted molar refractivity (Wildman–Crippen MR) is 65.8 cm³/mol. The van der Waals surface area contributed by atoms with Gasteiger partial charge in [0.05, 0.1) is 10.8 Å². The van der Waals surface area contributed by atoms with Crippen LogP contribution < -0.4 is 11.1 Å². The van der Waals surface area contributed by atoms with Gasteiger partial charge in [-0.25, -0.2) is 9.48 Å². The molecule has 2 rings (SSSR count). The zero-order valence-corrected chi connectivity index (χ0v) is 9.93. The highest BCUT2D eigenvalue weighted by Gasteiger charge is 2.31. The molecule has 0 bridgehead atoms. The van der Waals surface area contributed by atoms with Gasteiger partial charge in [-0.3, -0.25) is 14.7 Å². The van der Waals surface area contributed by atoms with E-state index in [0.29, 0.717) is 0 Å². The molecule has 2 aromatic rings. The summed E-state index contributed by atoms with van der Waals surface area (Å²) in [6.07, 6.45) is 0. The lowest BCUT2D eigenvalue weighted by Gasteiger charge is -2.21. The van der Waals surface area contributed by atoms with Gasteiger partial charge in [-0.05, 0) is 26.0 Å². The topological polar surface area (TPSA) is 92.2 Å². The van der Waals surface area contributed by atoms with Crippen LogP contribution in [-0.4, -0.2) is 20.9 Å². The second kappa shape index (κ2) is 3.83. The Balaban J connectivity index is 2.92. The van der Waals surface area contributed by atoms with Crippen molar-refractivity contribution in [2.45, 2.75) is 19.4 Å². The first-order chi connectivity index (χ1) is 8.35. The summed E-state index contributed by atoms with van der Waals surface area (Å²) in [5, 5.41) is 11.9. The summed E-state index contributed by atoms with van der Waals surface area (Å²) in [7, 11) is 0. The van der Waals surface area contributed by atoms with Crippen molar-refractivity contribution in [3.63, 3.8) is 0 Å². The molecule has 0 radical (unpaired) electrons. The molecule has 0 amide bonds. The molecule has 6 heteroatoms. The highest BCUT2D eigenvalue weighted by atomic mass is 16.4. The maximum atomic E-state index is 12.2. The number of nitrogens with zero attached hydrogens (tertiary/aromatic N) is 1. The number of H-pyrrole nitrogens is 1. The number of fused-ring (bicyclic) bond motifs is 1. The van der Waals surface area contributed by atoms with E-state index in [0.717, 1.165) is 4.68 Å². The fourth-order valence-corrected chi connectivity index (χ4v) is 1.69. The fourth-order valence-electron chi connectivity index (χ4n) is 1.69. The van der Waals surface area contributed by atoms with E-state index in [1.165, 1.54) is 26.0 Å². The average molecular weight is 248 g/mol. The van der Waals surface area contributed by atoms with Gasteiger partial charge in [-0.2, -0.15) is 0 Å². The molecule has 6 nitrogen and oxygen atoms in total. The van der Waals surface area contributed by atoms with Crippen LogP contribution in [-0.2, 0) is 10.3 Å². The molecule has 0 spiro atoms. The lowest BCUT2D eigenvalue weighted by molar-refractivity contribution is -0.146. The standard InChI is InChI=1S/C12H12N2O4/c1-12(2,11(17)18)14-10(16)8-6-4-3-5-7(8)9(15)13-14/h3-6H,1-2H3,(H,13,15)(H,17,18).